The fourth-order valence-electron chi connectivity index (χ4n) is 1.87. The molecule has 0 aliphatic carbocycles. The Bertz CT molecular complexity index is 565. The van der Waals surface area contributed by atoms with E-state index in [-0.39, 0.29) is 0 Å². The molecule has 0 unspecified atom stereocenters. The van der Waals surface area contributed by atoms with Gasteiger partial charge in [0.1, 0.15) is 0 Å². The lowest BCUT2D eigenvalue weighted by Gasteiger charge is -1.98. The van der Waals surface area contributed by atoms with Gasteiger partial charge in [-0.1, -0.05) is 55.0 Å². The molecule has 0 aliphatic heterocycles. The second-order valence-corrected chi connectivity index (χ2v) is 4.57. The predicted molar refractivity (Wildman–Crippen MR) is 77.6 cm³/mol. The lowest BCUT2D eigenvalue weighted by atomic mass is 10.1. The first-order chi connectivity index (χ1) is 8.78. The first-order valence-electron chi connectivity index (χ1n) is 6.45. The fraction of sp³-hybridized carbons (Fsp3) is 0.222. The molecule has 0 bridgehead atoms. The second kappa shape index (κ2) is 6.07. The van der Waals surface area contributed by atoms with Gasteiger partial charge in [0.2, 0.25) is 0 Å². The van der Waals surface area contributed by atoms with Crippen molar-refractivity contribution in [2.45, 2.75) is 26.7 Å². The van der Waals surface area contributed by atoms with Crippen molar-refractivity contribution >= 4 is 0 Å². The summed E-state index contributed by atoms with van der Waals surface area (Å²) in [5.41, 5.74) is 4.81. The minimum absolute atomic E-state index is 1.07. The molecule has 90 valence electrons. The normalized spacial score (nSPS) is 9.67. The molecule has 2 aromatic carbocycles. The van der Waals surface area contributed by atoms with Crippen molar-refractivity contribution in [1.29, 1.82) is 0 Å². The van der Waals surface area contributed by atoms with Crippen LogP contribution in [0, 0.1) is 18.8 Å². The molecule has 0 radical (unpaired) electrons. The highest BCUT2D eigenvalue weighted by Gasteiger charge is 1.92. The van der Waals surface area contributed by atoms with Gasteiger partial charge in [0.25, 0.3) is 0 Å². The summed E-state index contributed by atoms with van der Waals surface area (Å²) in [6, 6.07) is 16.8. The second-order valence-electron chi connectivity index (χ2n) is 4.57. The largest absolute Gasteiger partial charge is 0.0651 e. The van der Waals surface area contributed by atoms with Crippen molar-refractivity contribution in [1.82, 2.24) is 0 Å². The van der Waals surface area contributed by atoms with Crippen LogP contribution in [0.3, 0.4) is 0 Å². The molecule has 0 saturated heterocycles. The molecule has 18 heavy (non-hydrogen) atoms. The Kier molecular flexibility index (Phi) is 4.20. The Balaban J connectivity index is 2.18. The summed E-state index contributed by atoms with van der Waals surface area (Å²) in [5.74, 6) is 6.44. The zero-order chi connectivity index (χ0) is 12.8. The average molecular weight is 234 g/mol. The summed E-state index contributed by atoms with van der Waals surface area (Å²) in [7, 11) is 0. The summed E-state index contributed by atoms with van der Waals surface area (Å²) in [4.78, 5) is 0. The Morgan fingerprint density at radius 1 is 0.889 bits per heavy atom. The van der Waals surface area contributed by atoms with Crippen LogP contribution in [0.25, 0.3) is 0 Å². The molecule has 0 heteroatoms. The third-order valence-electron chi connectivity index (χ3n) is 2.87. The van der Waals surface area contributed by atoms with Crippen LogP contribution >= 0.6 is 0 Å². The van der Waals surface area contributed by atoms with E-state index in [0.29, 0.717) is 0 Å². The van der Waals surface area contributed by atoms with Gasteiger partial charge in [-0.15, -0.1) is 0 Å². The number of aryl methyl sites for hydroxylation is 2. The summed E-state index contributed by atoms with van der Waals surface area (Å²) in [6.07, 6.45) is 2.30. The monoisotopic (exact) mass is 234 g/mol. The molecule has 0 N–H and O–H groups in total. The molecule has 2 rings (SSSR count). The maximum atomic E-state index is 3.23. The van der Waals surface area contributed by atoms with E-state index in [2.05, 4.69) is 74.2 Å². The van der Waals surface area contributed by atoms with Gasteiger partial charge >= 0.3 is 0 Å². The smallest absolute Gasteiger partial charge is 0.0251 e. The third kappa shape index (κ3) is 3.50. The van der Waals surface area contributed by atoms with Crippen LogP contribution in [0.1, 0.15) is 35.6 Å². The van der Waals surface area contributed by atoms with Gasteiger partial charge in [0.05, 0.1) is 0 Å². The standard InChI is InChI=1S/C18H18/c1-3-5-17-6-4-7-18(14-17)13-12-16-10-8-15(2)9-11-16/h4,6-11,14H,3,5H2,1-2H3. The van der Waals surface area contributed by atoms with Crippen LogP contribution in [0.4, 0.5) is 0 Å². The van der Waals surface area contributed by atoms with Gasteiger partial charge in [-0.2, -0.15) is 0 Å². The molecule has 0 aromatic heterocycles. The van der Waals surface area contributed by atoms with Crippen molar-refractivity contribution < 1.29 is 0 Å². The van der Waals surface area contributed by atoms with Crippen LogP contribution in [-0.2, 0) is 6.42 Å². The summed E-state index contributed by atoms with van der Waals surface area (Å²) in [5, 5.41) is 0. The highest BCUT2D eigenvalue weighted by molar-refractivity contribution is 5.44. The molecule has 0 atom stereocenters. The predicted octanol–water partition coefficient (Wildman–Crippen LogP) is 4.35. The van der Waals surface area contributed by atoms with E-state index in [9.17, 15) is 0 Å². The summed E-state index contributed by atoms with van der Waals surface area (Å²) < 4.78 is 0. The van der Waals surface area contributed by atoms with Crippen LogP contribution < -0.4 is 0 Å². The molecule has 2 aromatic rings. The topological polar surface area (TPSA) is 0 Å². The zero-order valence-electron chi connectivity index (χ0n) is 11.0. The van der Waals surface area contributed by atoms with E-state index in [1.807, 2.05) is 0 Å². The van der Waals surface area contributed by atoms with E-state index in [0.717, 1.165) is 17.5 Å². The molecule has 0 nitrogen and oxygen atoms in total. The molecule has 0 amide bonds. The maximum Gasteiger partial charge on any atom is 0.0251 e. The fourth-order valence-corrected chi connectivity index (χ4v) is 1.87. The van der Waals surface area contributed by atoms with E-state index < -0.39 is 0 Å². The van der Waals surface area contributed by atoms with E-state index in [1.165, 1.54) is 17.5 Å². The summed E-state index contributed by atoms with van der Waals surface area (Å²) in [6.45, 7) is 4.29. The van der Waals surface area contributed by atoms with Gasteiger partial charge in [-0.05, 0) is 43.2 Å². The Hall–Kier alpha value is -2.00. The van der Waals surface area contributed by atoms with Crippen LogP contribution in [0.2, 0.25) is 0 Å². The van der Waals surface area contributed by atoms with Crippen LogP contribution in [-0.4, -0.2) is 0 Å². The number of rotatable bonds is 2. The maximum absolute atomic E-state index is 3.23. The lowest BCUT2D eigenvalue weighted by molar-refractivity contribution is 0.921. The Labute approximate surface area is 110 Å². The van der Waals surface area contributed by atoms with Crippen molar-refractivity contribution in [3.63, 3.8) is 0 Å². The Morgan fingerprint density at radius 3 is 2.33 bits per heavy atom. The van der Waals surface area contributed by atoms with E-state index >= 15 is 0 Å². The van der Waals surface area contributed by atoms with Gasteiger partial charge in [-0.3, -0.25) is 0 Å². The Morgan fingerprint density at radius 2 is 1.61 bits per heavy atom. The molecule has 0 saturated carbocycles. The van der Waals surface area contributed by atoms with Gasteiger partial charge in [-0.25, -0.2) is 0 Å². The quantitative estimate of drug-likeness (QED) is 0.678. The molecular formula is C18H18. The minimum Gasteiger partial charge on any atom is -0.0651 e. The van der Waals surface area contributed by atoms with Crippen molar-refractivity contribution in [3.8, 4) is 11.8 Å². The summed E-state index contributed by atoms with van der Waals surface area (Å²) >= 11 is 0. The first kappa shape index (κ1) is 12.5. The number of hydrogen-bond donors (Lipinski definition) is 0. The van der Waals surface area contributed by atoms with E-state index in [1.54, 1.807) is 0 Å². The molecule has 0 fully saturated rings. The van der Waals surface area contributed by atoms with Gasteiger partial charge < -0.3 is 0 Å². The highest BCUT2D eigenvalue weighted by Crippen LogP contribution is 2.07. The van der Waals surface area contributed by atoms with Crippen LogP contribution in [0.5, 0.6) is 0 Å². The molecule has 0 spiro atoms. The van der Waals surface area contributed by atoms with Gasteiger partial charge in [0.15, 0.2) is 0 Å². The number of hydrogen-bond acceptors (Lipinski definition) is 0. The molecule has 0 heterocycles. The SMILES string of the molecule is CCCc1cccc(C#Cc2ccc(C)cc2)c1. The number of benzene rings is 2. The third-order valence-corrected chi connectivity index (χ3v) is 2.87. The first-order valence-corrected chi connectivity index (χ1v) is 6.45. The van der Waals surface area contributed by atoms with E-state index in [4.69, 9.17) is 0 Å². The van der Waals surface area contributed by atoms with Crippen molar-refractivity contribution in [3.05, 3.63) is 70.8 Å². The molecular weight excluding hydrogens is 216 g/mol. The zero-order valence-corrected chi connectivity index (χ0v) is 11.0. The van der Waals surface area contributed by atoms with Crippen molar-refractivity contribution in [2.75, 3.05) is 0 Å². The van der Waals surface area contributed by atoms with Crippen LogP contribution in [0.15, 0.2) is 48.5 Å². The lowest BCUT2D eigenvalue weighted by Crippen LogP contribution is -1.84. The highest BCUT2D eigenvalue weighted by atomic mass is 14.0. The van der Waals surface area contributed by atoms with Crippen molar-refractivity contribution in [2.24, 2.45) is 0 Å². The molecule has 0 aliphatic rings. The van der Waals surface area contributed by atoms with Gasteiger partial charge in [0, 0.05) is 11.1 Å². The average Bonchev–Trinajstić information content (AvgIpc) is 2.39. The minimum atomic E-state index is 1.07.